The van der Waals surface area contributed by atoms with Crippen LogP contribution in [0.15, 0.2) is 30.3 Å². The minimum atomic E-state index is -4.17. The van der Waals surface area contributed by atoms with E-state index in [1.807, 2.05) is 0 Å². The summed E-state index contributed by atoms with van der Waals surface area (Å²) in [5.74, 6) is -0.961. The number of anilines is 1. The van der Waals surface area contributed by atoms with Gasteiger partial charge in [0.25, 0.3) is 0 Å². The highest BCUT2D eigenvalue weighted by molar-refractivity contribution is 5.67. The lowest BCUT2D eigenvalue weighted by Crippen LogP contribution is -2.28. The molecule has 0 bridgehead atoms. The van der Waals surface area contributed by atoms with Crippen LogP contribution in [0.1, 0.15) is 19.3 Å². The van der Waals surface area contributed by atoms with Crippen molar-refractivity contribution in [2.24, 2.45) is 0 Å². The van der Waals surface area contributed by atoms with Crippen molar-refractivity contribution in [1.82, 2.24) is 0 Å². The number of para-hydroxylation sites is 1. The first-order chi connectivity index (χ1) is 8.88. The number of benzene rings is 1. The Hall–Kier alpha value is -1.72. The molecular formula is C13H16F3NO2. The molecule has 1 aromatic rings. The normalized spacial score (nSPS) is 11.3. The van der Waals surface area contributed by atoms with Gasteiger partial charge in [-0.15, -0.1) is 0 Å². The average Bonchev–Trinajstić information content (AvgIpc) is 2.33. The molecule has 0 aromatic heterocycles. The van der Waals surface area contributed by atoms with Crippen LogP contribution in [0.3, 0.4) is 0 Å². The van der Waals surface area contributed by atoms with E-state index in [0.29, 0.717) is 0 Å². The lowest BCUT2D eigenvalue weighted by atomic mass is 10.2. The third-order valence-electron chi connectivity index (χ3n) is 2.61. The highest BCUT2D eigenvalue weighted by Crippen LogP contribution is 2.22. The second-order valence-electron chi connectivity index (χ2n) is 4.19. The third-order valence-corrected chi connectivity index (χ3v) is 2.61. The maximum Gasteiger partial charge on any atom is 0.389 e. The van der Waals surface area contributed by atoms with Crippen molar-refractivity contribution in [3.63, 3.8) is 0 Å². The molecule has 0 heterocycles. The summed E-state index contributed by atoms with van der Waals surface area (Å²) in [5.41, 5.74) is 0.742. The van der Waals surface area contributed by atoms with Crippen LogP contribution >= 0.6 is 0 Å². The number of hydrogen-bond acceptors (Lipinski definition) is 2. The Bertz CT molecular complexity index is 393. The van der Waals surface area contributed by atoms with E-state index < -0.39 is 18.6 Å². The van der Waals surface area contributed by atoms with E-state index in [9.17, 15) is 18.0 Å². The molecule has 1 N–H and O–H groups in total. The number of hydrogen-bond donors (Lipinski definition) is 1. The van der Waals surface area contributed by atoms with E-state index in [2.05, 4.69) is 0 Å². The summed E-state index contributed by atoms with van der Waals surface area (Å²) in [7, 11) is 0. The molecule has 1 rings (SSSR count). The van der Waals surface area contributed by atoms with Crippen LogP contribution in [0.2, 0.25) is 0 Å². The molecule has 1 aromatic carbocycles. The van der Waals surface area contributed by atoms with Gasteiger partial charge >= 0.3 is 12.1 Å². The fourth-order valence-electron chi connectivity index (χ4n) is 1.71. The molecule has 19 heavy (non-hydrogen) atoms. The number of rotatable bonds is 7. The zero-order valence-electron chi connectivity index (χ0n) is 10.4. The molecule has 0 atom stereocenters. The Kier molecular flexibility index (Phi) is 5.66. The second kappa shape index (κ2) is 7.01. The molecule has 6 heteroatoms. The number of carbonyl (C=O) groups is 1. The minimum absolute atomic E-state index is 0.0436. The van der Waals surface area contributed by atoms with Crippen molar-refractivity contribution in [3.8, 4) is 0 Å². The molecular weight excluding hydrogens is 259 g/mol. The predicted octanol–water partition coefficient (Wildman–Crippen LogP) is 3.31. The van der Waals surface area contributed by atoms with Gasteiger partial charge in [-0.25, -0.2) is 0 Å². The highest BCUT2D eigenvalue weighted by Gasteiger charge is 2.26. The van der Waals surface area contributed by atoms with Gasteiger partial charge in [0.05, 0.1) is 6.42 Å². The number of carboxylic acid groups (broad SMARTS) is 1. The van der Waals surface area contributed by atoms with Gasteiger partial charge in [-0.05, 0) is 18.6 Å². The van der Waals surface area contributed by atoms with Crippen LogP contribution in [0.4, 0.5) is 18.9 Å². The van der Waals surface area contributed by atoms with Crippen molar-refractivity contribution >= 4 is 11.7 Å². The van der Waals surface area contributed by atoms with Crippen LogP contribution in [-0.4, -0.2) is 30.3 Å². The van der Waals surface area contributed by atoms with Crippen LogP contribution in [0.25, 0.3) is 0 Å². The SMILES string of the molecule is O=C(O)CCN(CCCC(F)(F)F)c1ccccc1. The molecule has 0 saturated carbocycles. The van der Waals surface area contributed by atoms with Gasteiger partial charge in [0.2, 0.25) is 0 Å². The second-order valence-corrected chi connectivity index (χ2v) is 4.19. The molecule has 0 spiro atoms. The maximum atomic E-state index is 12.1. The molecule has 0 saturated heterocycles. The summed E-state index contributed by atoms with van der Waals surface area (Å²) >= 11 is 0. The Labute approximate surface area is 109 Å². The van der Waals surface area contributed by atoms with E-state index >= 15 is 0 Å². The number of nitrogens with zero attached hydrogens (tertiary/aromatic N) is 1. The lowest BCUT2D eigenvalue weighted by molar-refractivity contribution is -0.137. The molecule has 0 aliphatic carbocycles. The zero-order valence-corrected chi connectivity index (χ0v) is 10.4. The number of halogens is 3. The smallest absolute Gasteiger partial charge is 0.389 e. The first-order valence-electron chi connectivity index (χ1n) is 5.97. The molecule has 3 nitrogen and oxygen atoms in total. The van der Waals surface area contributed by atoms with Gasteiger partial charge in [0, 0.05) is 25.2 Å². The summed E-state index contributed by atoms with van der Waals surface area (Å²) in [6.07, 6.45) is -5.17. The van der Waals surface area contributed by atoms with E-state index in [0.717, 1.165) is 5.69 Å². The van der Waals surface area contributed by atoms with Gasteiger partial charge < -0.3 is 10.0 Å². The summed E-state index contributed by atoms with van der Waals surface area (Å²) in [6, 6.07) is 8.86. The van der Waals surface area contributed by atoms with E-state index in [1.54, 1.807) is 35.2 Å². The minimum Gasteiger partial charge on any atom is -0.481 e. The molecule has 0 aliphatic heterocycles. The van der Waals surface area contributed by atoms with Gasteiger partial charge in [-0.3, -0.25) is 4.79 Å². The Morgan fingerprint density at radius 3 is 2.32 bits per heavy atom. The molecule has 106 valence electrons. The number of carboxylic acids is 1. The molecule has 0 amide bonds. The Balaban J connectivity index is 2.57. The Morgan fingerprint density at radius 1 is 1.16 bits per heavy atom. The summed E-state index contributed by atoms with van der Waals surface area (Å²) in [4.78, 5) is 12.2. The van der Waals surface area contributed by atoms with Crippen LogP contribution in [0, 0.1) is 0 Å². The summed E-state index contributed by atoms with van der Waals surface area (Å²) in [5, 5.41) is 8.66. The number of alkyl halides is 3. The molecule has 0 radical (unpaired) electrons. The molecule has 0 unspecified atom stereocenters. The van der Waals surface area contributed by atoms with E-state index in [-0.39, 0.29) is 25.9 Å². The predicted molar refractivity (Wildman–Crippen MR) is 66.2 cm³/mol. The lowest BCUT2D eigenvalue weighted by Gasteiger charge is -2.24. The van der Waals surface area contributed by atoms with Crippen molar-refractivity contribution in [2.75, 3.05) is 18.0 Å². The van der Waals surface area contributed by atoms with E-state index in [1.165, 1.54) is 0 Å². The quantitative estimate of drug-likeness (QED) is 0.830. The Morgan fingerprint density at radius 2 is 1.79 bits per heavy atom. The standard InChI is InChI=1S/C13H16F3NO2/c14-13(15,16)8-4-9-17(10-7-12(18)19)11-5-2-1-3-6-11/h1-3,5-6H,4,7-10H2,(H,18,19). The van der Waals surface area contributed by atoms with Crippen molar-refractivity contribution in [1.29, 1.82) is 0 Å². The van der Waals surface area contributed by atoms with Crippen LogP contribution < -0.4 is 4.90 Å². The number of aliphatic carboxylic acids is 1. The van der Waals surface area contributed by atoms with Crippen molar-refractivity contribution in [2.45, 2.75) is 25.4 Å². The monoisotopic (exact) mass is 275 g/mol. The molecule has 0 fully saturated rings. The first kappa shape index (κ1) is 15.3. The summed E-state index contributed by atoms with van der Waals surface area (Å²) in [6.45, 7) is 0.397. The van der Waals surface area contributed by atoms with E-state index in [4.69, 9.17) is 5.11 Å². The van der Waals surface area contributed by atoms with Crippen LogP contribution in [0.5, 0.6) is 0 Å². The van der Waals surface area contributed by atoms with Gasteiger partial charge in [-0.2, -0.15) is 13.2 Å². The van der Waals surface area contributed by atoms with Crippen molar-refractivity contribution in [3.05, 3.63) is 30.3 Å². The van der Waals surface area contributed by atoms with Crippen molar-refractivity contribution < 1.29 is 23.1 Å². The topological polar surface area (TPSA) is 40.5 Å². The highest BCUT2D eigenvalue weighted by atomic mass is 19.4. The maximum absolute atomic E-state index is 12.1. The zero-order chi connectivity index (χ0) is 14.3. The molecule has 0 aliphatic rings. The summed E-state index contributed by atoms with van der Waals surface area (Å²) < 4.78 is 36.3. The first-order valence-corrected chi connectivity index (χ1v) is 5.97. The fraction of sp³-hybridized carbons (Fsp3) is 0.462. The van der Waals surface area contributed by atoms with Gasteiger partial charge in [-0.1, -0.05) is 18.2 Å². The fourth-order valence-corrected chi connectivity index (χ4v) is 1.71. The third kappa shape index (κ3) is 6.69. The van der Waals surface area contributed by atoms with Crippen LogP contribution in [-0.2, 0) is 4.79 Å². The average molecular weight is 275 g/mol. The van der Waals surface area contributed by atoms with Gasteiger partial charge in [0.1, 0.15) is 0 Å². The van der Waals surface area contributed by atoms with Gasteiger partial charge in [0.15, 0.2) is 0 Å². The largest absolute Gasteiger partial charge is 0.481 e.